The predicted molar refractivity (Wildman–Crippen MR) is 152 cm³/mol. The first-order chi connectivity index (χ1) is 19.3. The minimum atomic E-state index is -0.834. The van der Waals surface area contributed by atoms with E-state index in [1.165, 1.54) is 7.11 Å². The molecule has 0 radical (unpaired) electrons. The number of nitrogens with one attached hydrogen (secondary N) is 2. The number of aromatic nitrogens is 2. The van der Waals surface area contributed by atoms with Crippen LogP contribution in [-0.4, -0.2) is 40.9 Å². The Morgan fingerprint density at radius 2 is 1.55 bits per heavy atom. The van der Waals surface area contributed by atoms with Crippen molar-refractivity contribution in [2.45, 2.75) is 32.4 Å². The third-order valence-electron chi connectivity index (χ3n) is 6.50. The van der Waals surface area contributed by atoms with Crippen molar-refractivity contribution >= 4 is 23.7 Å². The highest BCUT2D eigenvalue weighted by Gasteiger charge is 2.24. The van der Waals surface area contributed by atoms with E-state index in [4.69, 9.17) is 9.47 Å². The number of benzene rings is 3. The van der Waals surface area contributed by atoms with Gasteiger partial charge in [0.2, 0.25) is 0 Å². The van der Waals surface area contributed by atoms with E-state index in [9.17, 15) is 14.4 Å². The number of carbonyl (C=O) groups is 3. The Balaban J connectivity index is 1.48. The van der Waals surface area contributed by atoms with Gasteiger partial charge in [0, 0.05) is 24.6 Å². The first-order valence-electron chi connectivity index (χ1n) is 12.9. The standard InChI is InChI=1S/C31H32N4O5/c1-20-27(33-31(38)40-21(2)23-13-9-6-10-14-23)28(35(3)34-20)24-15-17-25(18-16-24)29(36)32-26(30(37)39-4)19-22-11-7-5-8-12-22/h5-18,21,26H,19H2,1-4H3,(H,32,36)(H,33,38). The summed E-state index contributed by atoms with van der Waals surface area (Å²) in [6, 6.07) is 24.9. The van der Waals surface area contributed by atoms with E-state index in [-0.39, 0.29) is 0 Å². The van der Waals surface area contributed by atoms with Crippen LogP contribution in [0.1, 0.15) is 40.2 Å². The van der Waals surface area contributed by atoms with Crippen molar-refractivity contribution in [1.29, 1.82) is 0 Å². The molecule has 9 heteroatoms. The molecule has 3 aromatic carbocycles. The molecule has 2 atom stereocenters. The Morgan fingerprint density at radius 3 is 2.17 bits per heavy atom. The maximum Gasteiger partial charge on any atom is 0.412 e. The number of methoxy groups -OCH3 is 1. The molecule has 0 aliphatic heterocycles. The minimum absolute atomic E-state index is 0.305. The van der Waals surface area contributed by atoms with Gasteiger partial charge in [0.15, 0.2) is 0 Å². The van der Waals surface area contributed by atoms with Gasteiger partial charge in [-0.15, -0.1) is 0 Å². The number of anilines is 1. The van der Waals surface area contributed by atoms with E-state index in [1.807, 2.05) is 60.7 Å². The number of aryl methyl sites for hydroxylation is 2. The smallest absolute Gasteiger partial charge is 0.412 e. The third-order valence-corrected chi connectivity index (χ3v) is 6.50. The molecule has 2 N–H and O–H groups in total. The molecule has 206 valence electrons. The van der Waals surface area contributed by atoms with Crippen LogP contribution in [0, 0.1) is 6.92 Å². The lowest BCUT2D eigenvalue weighted by Gasteiger charge is -2.17. The summed E-state index contributed by atoms with van der Waals surface area (Å²) in [5.41, 5.74) is 4.68. The van der Waals surface area contributed by atoms with Gasteiger partial charge in [-0.1, -0.05) is 72.8 Å². The molecule has 0 saturated heterocycles. The van der Waals surface area contributed by atoms with Crippen molar-refractivity contribution < 1.29 is 23.9 Å². The molecule has 1 aromatic heterocycles. The van der Waals surface area contributed by atoms with Gasteiger partial charge < -0.3 is 14.8 Å². The van der Waals surface area contributed by atoms with Crippen molar-refractivity contribution in [3.8, 4) is 11.3 Å². The quantitative estimate of drug-likeness (QED) is 0.282. The van der Waals surface area contributed by atoms with Crippen molar-refractivity contribution in [2.75, 3.05) is 12.4 Å². The molecule has 0 spiro atoms. The van der Waals surface area contributed by atoms with Crippen LogP contribution in [0.5, 0.6) is 0 Å². The van der Waals surface area contributed by atoms with Crippen LogP contribution in [0.3, 0.4) is 0 Å². The van der Waals surface area contributed by atoms with Gasteiger partial charge in [-0.05, 0) is 37.1 Å². The van der Waals surface area contributed by atoms with Crippen molar-refractivity contribution in [3.05, 3.63) is 107 Å². The van der Waals surface area contributed by atoms with Gasteiger partial charge in [0.25, 0.3) is 5.91 Å². The second kappa shape index (κ2) is 12.8. The number of hydrogen-bond donors (Lipinski definition) is 2. The second-order valence-corrected chi connectivity index (χ2v) is 9.33. The highest BCUT2D eigenvalue weighted by atomic mass is 16.6. The molecule has 40 heavy (non-hydrogen) atoms. The number of esters is 1. The topological polar surface area (TPSA) is 112 Å². The number of nitrogens with zero attached hydrogens (tertiary/aromatic N) is 2. The Kier molecular flexibility index (Phi) is 8.96. The zero-order chi connectivity index (χ0) is 28.6. The van der Waals surface area contributed by atoms with E-state index >= 15 is 0 Å². The maximum absolute atomic E-state index is 13.0. The lowest BCUT2D eigenvalue weighted by Crippen LogP contribution is -2.43. The summed E-state index contributed by atoms with van der Waals surface area (Å²) in [5, 5.41) is 10.1. The van der Waals surface area contributed by atoms with Crippen molar-refractivity contribution in [2.24, 2.45) is 7.05 Å². The number of hydrogen-bond acceptors (Lipinski definition) is 6. The largest absolute Gasteiger partial charge is 0.467 e. The van der Waals surface area contributed by atoms with Crippen LogP contribution in [0.25, 0.3) is 11.3 Å². The van der Waals surface area contributed by atoms with Crippen LogP contribution < -0.4 is 10.6 Å². The van der Waals surface area contributed by atoms with Crippen LogP contribution in [0.2, 0.25) is 0 Å². The Hall–Kier alpha value is -4.92. The third kappa shape index (κ3) is 6.74. The van der Waals surface area contributed by atoms with Gasteiger partial charge in [-0.25, -0.2) is 9.59 Å². The molecule has 0 saturated carbocycles. The summed E-state index contributed by atoms with van der Waals surface area (Å²) in [6.45, 7) is 3.60. The summed E-state index contributed by atoms with van der Waals surface area (Å²) in [6.07, 6.45) is -0.730. The summed E-state index contributed by atoms with van der Waals surface area (Å²) in [4.78, 5) is 38.1. The first-order valence-corrected chi connectivity index (χ1v) is 12.9. The average molecular weight is 541 g/mol. The van der Waals surface area contributed by atoms with Crippen LogP contribution in [0.4, 0.5) is 10.5 Å². The molecular weight excluding hydrogens is 508 g/mol. The van der Waals surface area contributed by atoms with Gasteiger partial charge >= 0.3 is 12.1 Å². The van der Waals surface area contributed by atoms with Gasteiger partial charge in [-0.3, -0.25) is 14.8 Å². The average Bonchev–Trinajstić information content (AvgIpc) is 3.24. The SMILES string of the molecule is COC(=O)C(Cc1ccccc1)NC(=O)c1ccc(-c2c(NC(=O)OC(C)c3ccccc3)c(C)nn2C)cc1. The molecule has 1 heterocycles. The molecule has 4 rings (SSSR count). The lowest BCUT2D eigenvalue weighted by atomic mass is 10.0. The van der Waals surface area contributed by atoms with E-state index in [0.29, 0.717) is 29.1 Å². The molecule has 9 nitrogen and oxygen atoms in total. The molecule has 2 amide bonds. The fourth-order valence-electron chi connectivity index (χ4n) is 4.43. The maximum atomic E-state index is 13.0. The highest BCUT2D eigenvalue weighted by molar-refractivity contribution is 5.98. The fourth-order valence-corrected chi connectivity index (χ4v) is 4.43. The summed E-state index contributed by atoms with van der Waals surface area (Å²) < 4.78 is 12.1. The fraction of sp³-hybridized carbons (Fsp3) is 0.226. The molecule has 2 unspecified atom stereocenters. The van der Waals surface area contributed by atoms with Gasteiger partial charge in [0.05, 0.1) is 24.2 Å². The number of amides is 2. The lowest BCUT2D eigenvalue weighted by molar-refractivity contribution is -0.142. The monoisotopic (exact) mass is 540 g/mol. The Labute approximate surface area is 233 Å². The van der Waals surface area contributed by atoms with E-state index in [2.05, 4.69) is 15.7 Å². The molecule has 4 aromatic rings. The normalized spacial score (nSPS) is 12.2. The second-order valence-electron chi connectivity index (χ2n) is 9.33. The van der Waals surface area contributed by atoms with Crippen molar-refractivity contribution in [1.82, 2.24) is 15.1 Å². The molecular formula is C31H32N4O5. The summed E-state index contributed by atoms with van der Waals surface area (Å²) >= 11 is 0. The highest BCUT2D eigenvalue weighted by Crippen LogP contribution is 2.31. The van der Waals surface area contributed by atoms with E-state index in [1.54, 1.807) is 49.8 Å². The molecule has 0 aliphatic rings. The van der Waals surface area contributed by atoms with Gasteiger partial charge in [-0.2, -0.15) is 5.10 Å². The van der Waals surface area contributed by atoms with E-state index in [0.717, 1.165) is 16.7 Å². The number of ether oxygens (including phenoxy) is 2. The van der Waals surface area contributed by atoms with Crippen molar-refractivity contribution in [3.63, 3.8) is 0 Å². The first kappa shape index (κ1) is 28.1. The molecule has 0 aliphatic carbocycles. The van der Waals surface area contributed by atoms with Gasteiger partial charge in [0.1, 0.15) is 12.1 Å². The minimum Gasteiger partial charge on any atom is -0.467 e. The molecule has 0 bridgehead atoms. The van der Waals surface area contributed by atoms with Crippen LogP contribution in [0.15, 0.2) is 84.9 Å². The Bertz CT molecular complexity index is 1470. The van der Waals surface area contributed by atoms with Crippen LogP contribution >= 0.6 is 0 Å². The zero-order valence-corrected chi connectivity index (χ0v) is 22.9. The Morgan fingerprint density at radius 1 is 0.925 bits per heavy atom. The number of rotatable bonds is 9. The molecule has 0 fully saturated rings. The summed E-state index contributed by atoms with van der Waals surface area (Å²) in [5.74, 6) is -0.931. The summed E-state index contributed by atoms with van der Waals surface area (Å²) in [7, 11) is 3.07. The predicted octanol–water partition coefficient (Wildman–Crippen LogP) is 5.22. The van der Waals surface area contributed by atoms with Crippen LogP contribution in [-0.2, 0) is 27.7 Å². The zero-order valence-electron chi connectivity index (χ0n) is 22.9. The van der Waals surface area contributed by atoms with E-state index < -0.39 is 30.1 Å². The number of carbonyl (C=O) groups excluding carboxylic acids is 3.